The summed E-state index contributed by atoms with van der Waals surface area (Å²) in [5.74, 6) is -0.127. The third-order valence-corrected chi connectivity index (χ3v) is 1.96. The van der Waals surface area contributed by atoms with Crippen molar-refractivity contribution >= 4 is 34.7 Å². The Bertz CT molecular complexity index is 180. The van der Waals surface area contributed by atoms with Crippen LogP contribution < -0.4 is 0 Å². The molecule has 0 saturated carbocycles. The van der Waals surface area contributed by atoms with Gasteiger partial charge in [0.2, 0.25) is 0 Å². The van der Waals surface area contributed by atoms with Crippen molar-refractivity contribution in [3.8, 4) is 5.75 Å². The van der Waals surface area contributed by atoms with Crippen LogP contribution in [0, 0.1) is 0 Å². The zero-order valence-electron chi connectivity index (χ0n) is 3.56. The lowest BCUT2D eigenvalue weighted by Crippen LogP contribution is -1.56. The number of rotatable bonds is 0. The molecule has 0 aliphatic heterocycles. The van der Waals surface area contributed by atoms with Gasteiger partial charge in [-0.1, -0.05) is 23.2 Å². The zero-order valence-corrected chi connectivity index (χ0v) is 5.89. The summed E-state index contributed by atoms with van der Waals surface area (Å²) < 4.78 is 3.77. The molecular formula is C3HCl2NOS. The molecule has 2 nitrogen and oxygen atoms in total. The monoisotopic (exact) mass is 169 g/mol. The second-order valence-corrected chi connectivity index (χ2v) is 2.83. The van der Waals surface area contributed by atoms with Gasteiger partial charge >= 0.3 is 0 Å². The van der Waals surface area contributed by atoms with Crippen LogP contribution in [0.15, 0.2) is 0 Å². The quantitative estimate of drug-likeness (QED) is 0.646. The number of aromatic hydroxyl groups is 1. The lowest BCUT2D eigenvalue weighted by atomic mass is 10.7. The Morgan fingerprint density at radius 3 is 2.25 bits per heavy atom. The van der Waals surface area contributed by atoms with Gasteiger partial charge in [0.25, 0.3) is 0 Å². The maximum absolute atomic E-state index is 8.73. The van der Waals surface area contributed by atoms with E-state index in [1.807, 2.05) is 0 Å². The predicted molar refractivity (Wildman–Crippen MR) is 33.8 cm³/mol. The van der Waals surface area contributed by atoms with Gasteiger partial charge in [-0.05, 0) is 11.5 Å². The molecule has 0 radical (unpaired) electrons. The van der Waals surface area contributed by atoms with E-state index in [0.29, 0.717) is 0 Å². The lowest BCUT2D eigenvalue weighted by Gasteiger charge is -1.79. The highest BCUT2D eigenvalue weighted by Crippen LogP contribution is 2.33. The molecule has 0 bridgehead atoms. The molecule has 0 aromatic carbocycles. The van der Waals surface area contributed by atoms with Gasteiger partial charge < -0.3 is 5.11 Å². The largest absolute Gasteiger partial charge is 0.503 e. The second-order valence-electron chi connectivity index (χ2n) is 1.10. The molecule has 0 aliphatic carbocycles. The fourth-order valence-corrected chi connectivity index (χ4v) is 1.17. The normalized spacial score (nSPS) is 9.75. The maximum Gasteiger partial charge on any atom is 0.186 e. The standard InChI is InChI=1S/C3HCl2NOS/c4-2-1(7)3(5)8-6-2/h7H. The van der Waals surface area contributed by atoms with Gasteiger partial charge in [-0.15, -0.1) is 0 Å². The minimum atomic E-state index is -0.127. The van der Waals surface area contributed by atoms with Crippen molar-refractivity contribution in [3.63, 3.8) is 0 Å². The second kappa shape index (κ2) is 2.09. The van der Waals surface area contributed by atoms with Gasteiger partial charge in [-0.25, -0.2) is 0 Å². The first kappa shape index (κ1) is 6.13. The Labute approximate surface area is 59.8 Å². The summed E-state index contributed by atoms with van der Waals surface area (Å²) in [5, 5.41) is 8.80. The Balaban J connectivity index is 3.19. The van der Waals surface area contributed by atoms with Gasteiger partial charge in [-0.2, -0.15) is 4.37 Å². The SMILES string of the molecule is Oc1c(Cl)nsc1Cl. The molecular weight excluding hydrogens is 169 g/mol. The van der Waals surface area contributed by atoms with Crippen molar-refractivity contribution < 1.29 is 5.11 Å². The van der Waals surface area contributed by atoms with E-state index in [9.17, 15) is 0 Å². The van der Waals surface area contributed by atoms with Crippen LogP contribution in [-0.2, 0) is 0 Å². The fraction of sp³-hybridized carbons (Fsp3) is 0. The Hall–Kier alpha value is 0.01000. The van der Waals surface area contributed by atoms with E-state index in [2.05, 4.69) is 4.37 Å². The predicted octanol–water partition coefficient (Wildman–Crippen LogP) is 2.16. The van der Waals surface area contributed by atoms with Crippen molar-refractivity contribution in [3.05, 3.63) is 9.49 Å². The van der Waals surface area contributed by atoms with E-state index in [1.54, 1.807) is 0 Å². The first-order valence-corrected chi connectivity index (χ1v) is 3.24. The number of nitrogens with zero attached hydrogens (tertiary/aromatic N) is 1. The van der Waals surface area contributed by atoms with Crippen LogP contribution in [0.2, 0.25) is 9.49 Å². The number of hydrogen-bond acceptors (Lipinski definition) is 3. The Kier molecular flexibility index (Phi) is 1.60. The van der Waals surface area contributed by atoms with Crippen molar-refractivity contribution in [1.29, 1.82) is 0 Å². The van der Waals surface area contributed by atoms with Crippen LogP contribution in [0.25, 0.3) is 0 Å². The van der Waals surface area contributed by atoms with Crippen LogP contribution in [0.3, 0.4) is 0 Å². The Morgan fingerprint density at radius 1 is 1.50 bits per heavy atom. The van der Waals surface area contributed by atoms with Crippen LogP contribution in [0.1, 0.15) is 0 Å². The summed E-state index contributed by atoms with van der Waals surface area (Å²) in [4.78, 5) is 0. The van der Waals surface area contributed by atoms with Crippen molar-refractivity contribution in [2.75, 3.05) is 0 Å². The van der Waals surface area contributed by atoms with Gasteiger partial charge in [0.15, 0.2) is 15.2 Å². The molecule has 0 spiro atoms. The zero-order chi connectivity index (χ0) is 6.15. The van der Waals surface area contributed by atoms with E-state index in [-0.39, 0.29) is 15.2 Å². The maximum atomic E-state index is 8.73. The number of hydrogen-bond donors (Lipinski definition) is 1. The minimum absolute atomic E-state index is 0.0694. The summed E-state index contributed by atoms with van der Waals surface area (Å²) in [6, 6.07) is 0. The van der Waals surface area contributed by atoms with Gasteiger partial charge in [0.1, 0.15) is 0 Å². The summed E-state index contributed by atoms with van der Waals surface area (Å²) in [6.07, 6.45) is 0. The van der Waals surface area contributed by atoms with Crippen LogP contribution in [0.5, 0.6) is 5.75 Å². The first-order valence-electron chi connectivity index (χ1n) is 1.71. The Morgan fingerprint density at radius 2 is 2.12 bits per heavy atom. The molecule has 1 heterocycles. The van der Waals surface area contributed by atoms with Crippen molar-refractivity contribution in [1.82, 2.24) is 4.37 Å². The highest BCUT2D eigenvalue weighted by Gasteiger charge is 2.05. The fourth-order valence-electron chi connectivity index (χ4n) is 0.248. The molecule has 5 heteroatoms. The molecule has 8 heavy (non-hydrogen) atoms. The molecule has 0 unspecified atom stereocenters. The van der Waals surface area contributed by atoms with E-state index < -0.39 is 0 Å². The average molecular weight is 170 g/mol. The van der Waals surface area contributed by atoms with E-state index in [0.717, 1.165) is 11.5 Å². The lowest BCUT2D eigenvalue weighted by molar-refractivity contribution is 0.477. The summed E-state index contributed by atoms with van der Waals surface area (Å²) in [5.41, 5.74) is 0. The highest BCUT2D eigenvalue weighted by atomic mass is 35.5. The van der Waals surface area contributed by atoms with Crippen LogP contribution in [-0.4, -0.2) is 9.48 Å². The summed E-state index contributed by atoms with van der Waals surface area (Å²) in [7, 11) is 0. The van der Waals surface area contributed by atoms with E-state index >= 15 is 0 Å². The molecule has 0 fully saturated rings. The van der Waals surface area contributed by atoms with E-state index in [4.69, 9.17) is 28.3 Å². The van der Waals surface area contributed by atoms with Crippen LogP contribution in [0.4, 0.5) is 0 Å². The molecule has 1 aromatic rings. The molecule has 0 atom stereocenters. The summed E-state index contributed by atoms with van der Waals surface area (Å²) in [6.45, 7) is 0. The molecule has 1 aromatic heterocycles. The average Bonchev–Trinajstić information content (AvgIpc) is 1.98. The summed E-state index contributed by atoms with van der Waals surface area (Å²) >= 11 is 11.6. The highest BCUT2D eigenvalue weighted by molar-refractivity contribution is 7.11. The molecule has 0 aliphatic rings. The third kappa shape index (κ3) is 0.891. The molecule has 0 saturated heterocycles. The molecule has 44 valence electrons. The van der Waals surface area contributed by atoms with Gasteiger partial charge in [0, 0.05) is 0 Å². The first-order chi connectivity index (χ1) is 3.72. The minimum Gasteiger partial charge on any atom is -0.503 e. The number of halogens is 2. The topological polar surface area (TPSA) is 33.1 Å². The third-order valence-electron chi connectivity index (χ3n) is 0.588. The van der Waals surface area contributed by atoms with Crippen molar-refractivity contribution in [2.45, 2.75) is 0 Å². The van der Waals surface area contributed by atoms with Crippen molar-refractivity contribution in [2.24, 2.45) is 0 Å². The van der Waals surface area contributed by atoms with Crippen LogP contribution >= 0.6 is 34.7 Å². The van der Waals surface area contributed by atoms with E-state index in [1.165, 1.54) is 0 Å². The van der Waals surface area contributed by atoms with Gasteiger partial charge in [-0.3, -0.25) is 0 Å². The van der Waals surface area contributed by atoms with Gasteiger partial charge in [0.05, 0.1) is 0 Å². The number of aromatic nitrogens is 1. The molecule has 1 rings (SSSR count). The smallest absolute Gasteiger partial charge is 0.186 e. The molecule has 1 N–H and O–H groups in total. The molecule has 0 amide bonds.